The summed E-state index contributed by atoms with van der Waals surface area (Å²) in [5.74, 6) is 0.873. The van der Waals surface area contributed by atoms with Crippen molar-refractivity contribution in [2.75, 3.05) is 19.8 Å². The van der Waals surface area contributed by atoms with Crippen molar-refractivity contribution in [3.63, 3.8) is 0 Å². The lowest BCUT2D eigenvalue weighted by atomic mass is 9.69. The maximum atomic E-state index is 14.9. The summed E-state index contributed by atoms with van der Waals surface area (Å²) in [4.78, 5) is 0. The quantitative estimate of drug-likeness (QED) is 0.872. The largest absolute Gasteiger partial charge is 0.490 e. The number of rotatable bonds is 2. The second-order valence-electron chi connectivity index (χ2n) is 5.97. The highest BCUT2D eigenvalue weighted by atomic mass is 79.9. The summed E-state index contributed by atoms with van der Waals surface area (Å²) in [6.07, 6.45) is 6.08. The number of halogens is 2. The van der Waals surface area contributed by atoms with Crippen LogP contribution in [0.25, 0.3) is 0 Å². The molecule has 3 nitrogen and oxygen atoms in total. The minimum atomic E-state index is -0.268. The predicted octanol–water partition coefficient (Wildman–Crippen LogP) is 3.91. The molecule has 0 saturated heterocycles. The Labute approximate surface area is 133 Å². The first kappa shape index (κ1) is 15.1. The summed E-state index contributed by atoms with van der Waals surface area (Å²) < 4.78 is 26.6. The van der Waals surface area contributed by atoms with Crippen molar-refractivity contribution < 1.29 is 13.9 Å². The lowest BCUT2D eigenvalue weighted by Crippen LogP contribution is -2.38. The van der Waals surface area contributed by atoms with Crippen LogP contribution in [-0.2, 0) is 5.41 Å². The van der Waals surface area contributed by atoms with Crippen molar-refractivity contribution in [2.45, 2.75) is 43.9 Å². The Morgan fingerprint density at radius 3 is 2.57 bits per heavy atom. The van der Waals surface area contributed by atoms with Gasteiger partial charge in [-0.3, -0.25) is 0 Å². The molecule has 1 fully saturated rings. The summed E-state index contributed by atoms with van der Waals surface area (Å²) in [5, 5.41) is 0. The molecule has 0 bridgehead atoms. The minimum absolute atomic E-state index is 0.244. The molecule has 1 aromatic carbocycles. The van der Waals surface area contributed by atoms with Gasteiger partial charge in [-0.1, -0.05) is 19.3 Å². The molecular weight excluding hydrogens is 337 g/mol. The number of ether oxygens (including phenoxy) is 2. The predicted molar refractivity (Wildman–Crippen MR) is 83.5 cm³/mol. The Morgan fingerprint density at radius 2 is 1.86 bits per heavy atom. The van der Waals surface area contributed by atoms with Crippen LogP contribution >= 0.6 is 15.9 Å². The topological polar surface area (TPSA) is 44.5 Å². The van der Waals surface area contributed by atoms with Gasteiger partial charge in [-0.25, -0.2) is 4.39 Å². The molecule has 5 heteroatoms. The number of benzene rings is 1. The fraction of sp³-hybridized carbons (Fsp3) is 0.625. The summed E-state index contributed by atoms with van der Waals surface area (Å²) in [6, 6.07) is 1.82. The van der Waals surface area contributed by atoms with Gasteiger partial charge in [0.1, 0.15) is 5.82 Å². The summed E-state index contributed by atoms with van der Waals surface area (Å²) >= 11 is 3.35. The van der Waals surface area contributed by atoms with E-state index in [9.17, 15) is 4.39 Å². The average molecular weight is 358 g/mol. The fourth-order valence-corrected chi connectivity index (χ4v) is 3.96. The molecule has 21 heavy (non-hydrogen) atoms. The molecule has 0 amide bonds. The second-order valence-corrected chi connectivity index (χ2v) is 6.77. The van der Waals surface area contributed by atoms with Crippen molar-refractivity contribution in [1.82, 2.24) is 0 Å². The molecule has 0 aromatic heterocycles. The van der Waals surface area contributed by atoms with Gasteiger partial charge in [-0.2, -0.15) is 0 Å². The molecule has 0 unspecified atom stereocenters. The lowest BCUT2D eigenvalue weighted by molar-refractivity contribution is 0.286. The van der Waals surface area contributed by atoms with Crippen LogP contribution in [0.2, 0.25) is 0 Å². The highest BCUT2D eigenvalue weighted by Crippen LogP contribution is 2.47. The Kier molecular flexibility index (Phi) is 4.41. The van der Waals surface area contributed by atoms with Gasteiger partial charge in [-0.15, -0.1) is 0 Å². The van der Waals surface area contributed by atoms with Crippen LogP contribution in [0.5, 0.6) is 11.5 Å². The smallest absolute Gasteiger partial charge is 0.178 e. The van der Waals surface area contributed by atoms with Crippen LogP contribution < -0.4 is 15.2 Å². The van der Waals surface area contributed by atoms with E-state index in [-0.39, 0.29) is 11.2 Å². The zero-order chi connectivity index (χ0) is 14.9. The van der Waals surface area contributed by atoms with Crippen LogP contribution in [0.15, 0.2) is 10.5 Å². The molecule has 1 aromatic rings. The summed E-state index contributed by atoms with van der Waals surface area (Å²) in [6.45, 7) is 1.61. The van der Waals surface area contributed by atoms with E-state index in [1.807, 2.05) is 6.07 Å². The van der Waals surface area contributed by atoms with Gasteiger partial charge in [0.15, 0.2) is 11.5 Å². The van der Waals surface area contributed by atoms with E-state index in [0.29, 0.717) is 41.3 Å². The first-order valence-electron chi connectivity index (χ1n) is 7.66. The molecule has 116 valence electrons. The third kappa shape index (κ3) is 2.66. The maximum absolute atomic E-state index is 14.9. The van der Waals surface area contributed by atoms with E-state index in [2.05, 4.69) is 15.9 Å². The first-order valence-corrected chi connectivity index (χ1v) is 8.45. The summed E-state index contributed by atoms with van der Waals surface area (Å²) in [5.41, 5.74) is 6.46. The van der Waals surface area contributed by atoms with Gasteiger partial charge in [0.05, 0.1) is 17.7 Å². The van der Waals surface area contributed by atoms with Crippen LogP contribution in [-0.4, -0.2) is 19.8 Å². The molecule has 1 aliphatic heterocycles. The van der Waals surface area contributed by atoms with E-state index in [0.717, 1.165) is 32.1 Å². The standard InChI is InChI=1S/C16H21BrFNO2/c17-13-14(18)11(16(10-19)5-2-1-3-6-16)9-12-15(13)21-8-4-7-20-12/h9H,1-8,10,19H2. The van der Waals surface area contributed by atoms with Crippen LogP contribution in [0.1, 0.15) is 44.1 Å². The fourth-order valence-electron chi connectivity index (χ4n) is 3.44. The van der Waals surface area contributed by atoms with Crippen LogP contribution in [0.4, 0.5) is 4.39 Å². The van der Waals surface area contributed by atoms with Crippen LogP contribution in [0.3, 0.4) is 0 Å². The lowest BCUT2D eigenvalue weighted by Gasteiger charge is -2.37. The average Bonchev–Trinajstić information content (AvgIpc) is 2.77. The van der Waals surface area contributed by atoms with E-state index < -0.39 is 0 Å². The molecular formula is C16H21BrFNO2. The zero-order valence-corrected chi connectivity index (χ0v) is 13.7. The molecule has 3 rings (SSSR count). The molecule has 1 aliphatic carbocycles. The van der Waals surface area contributed by atoms with E-state index in [1.54, 1.807) is 0 Å². The van der Waals surface area contributed by atoms with E-state index in [4.69, 9.17) is 15.2 Å². The van der Waals surface area contributed by atoms with Gasteiger partial charge in [0, 0.05) is 23.9 Å². The molecule has 1 saturated carbocycles. The van der Waals surface area contributed by atoms with Crippen molar-refractivity contribution in [3.8, 4) is 11.5 Å². The van der Waals surface area contributed by atoms with Gasteiger partial charge in [0.25, 0.3) is 0 Å². The SMILES string of the molecule is NCC1(c2cc3c(c(Br)c2F)OCCCO3)CCCCC1. The third-order valence-corrected chi connectivity index (χ3v) is 5.40. The monoisotopic (exact) mass is 357 g/mol. The van der Waals surface area contributed by atoms with Gasteiger partial charge in [-0.05, 0) is 34.8 Å². The maximum Gasteiger partial charge on any atom is 0.178 e. The molecule has 2 N–H and O–H groups in total. The number of hydrogen-bond acceptors (Lipinski definition) is 3. The molecule has 0 atom stereocenters. The first-order chi connectivity index (χ1) is 10.2. The third-order valence-electron chi connectivity index (χ3n) is 4.69. The number of hydrogen-bond donors (Lipinski definition) is 1. The molecule has 1 heterocycles. The Balaban J connectivity index is 2.10. The highest BCUT2D eigenvalue weighted by molar-refractivity contribution is 9.10. The van der Waals surface area contributed by atoms with Crippen molar-refractivity contribution in [1.29, 1.82) is 0 Å². The zero-order valence-electron chi connectivity index (χ0n) is 12.1. The molecule has 2 aliphatic rings. The molecule has 0 spiro atoms. The van der Waals surface area contributed by atoms with E-state index >= 15 is 0 Å². The van der Waals surface area contributed by atoms with Gasteiger partial charge < -0.3 is 15.2 Å². The van der Waals surface area contributed by atoms with Gasteiger partial charge >= 0.3 is 0 Å². The number of nitrogens with two attached hydrogens (primary N) is 1. The van der Waals surface area contributed by atoms with Crippen LogP contribution in [0, 0.1) is 5.82 Å². The number of fused-ring (bicyclic) bond motifs is 1. The summed E-state index contributed by atoms with van der Waals surface area (Å²) in [7, 11) is 0. The van der Waals surface area contributed by atoms with Crippen molar-refractivity contribution in [3.05, 3.63) is 21.9 Å². The highest BCUT2D eigenvalue weighted by Gasteiger charge is 2.37. The Bertz CT molecular complexity index is 529. The minimum Gasteiger partial charge on any atom is -0.490 e. The molecule has 0 radical (unpaired) electrons. The normalized spacial score (nSPS) is 20.9. The van der Waals surface area contributed by atoms with Gasteiger partial charge in [0.2, 0.25) is 0 Å². The second kappa shape index (κ2) is 6.13. The van der Waals surface area contributed by atoms with E-state index in [1.165, 1.54) is 6.42 Å². The Hall–Kier alpha value is -0.810. The van der Waals surface area contributed by atoms with Crippen molar-refractivity contribution >= 4 is 15.9 Å². The van der Waals surface area contributed by atoms with Crippen molar-refractivity contribution in [2.24, 2.45) is 5.73 Å². The Morgan fingerprint density at radius 1 is 1.14 bits per heavy atom.